The summed E-state index contributed by atoms with van der Waals surface area (Å²) in [5.41, 5.74) is 3.37. The molecule has 1 unspecified atom stereocenters. The summed E-state index contributed by atoms with van der Waals surface area (Å²) in [6.45, 7) is 3.72. The molecule has 9 nitrogen and oxygen atoms in total. The average molecular weight is 494 g/mol. The van der Waals surface area contributed by atoms with Crippen LogP contribution in [-0.4, -0.2) is 68.7 Å². The molecule has 3 heterocycles. The van der Waals surface area contributed by atoms with Gasteiger partial charge in [0.1, 0.15) is 0 Å². The molecule has 1 fully saturated rings. The SMILES string of the molecule is Cc1nc(-c2cccc(C(CN3CC[C@H](O)C3)N(C)C(=O)Cc3ccc4sc(=O)[nH]c4c3)c2)no1. The minimum absolute atomic E-state index is 0.0347. The first-order valence-corrected chi connectivity index (χ1v) is 12.4. The van der Waals surface area contributed by atoms with E-state index in [1.807, 2.05) is 49.5 Å². The molecule has 0 saturated carbocycles. The topological polar surface area (TPSA) is 116 Å². The maximum absolute atomic E-state index is 13.4. The number of likely N-dealkylation sites (N-methyl/N-ethyl adjacent to an activating group) is 1. The normalized spacial score (nSPS) is 17.2. The van der Waals surface area contributed by atoms with Crippen molar-refractivity contribution in [2.45, 2.75) is 31.9 Å². The summed E-state index contributed by atoms with van der Waals surface area (Å²) in [5, 5.41) is 14.1. The fraction of sp³-hybridized carbons (Fsp3) is 0.360. The molecule has 2 N–H and O–H groups in total. The lowest BCUT2D eigenvalue weighted by atomic mass is 10.0. The minimum atomic E-state index is -0.343. The Labute approximate surface area is 206 Å². The number of likely N-dealkylation sites (tertiary alicyclic amines) is 1. The van der Waals surface area contributed by atoms with E-state index >= 15 is 0 Å². The minimum Gasteiger partial charge on any atom is -0.392 e. The molecule has 2 aromatic carbocycles. The van der Waals surface area contributed by atoms with Gasteiger partial charge < -0.3 is 19.5 Å². The second-order valence-electron chi connectivity index (χ2n) is 9.01. The van der Waals surface area contributed by atoms with Crippen molar-refractivity contribution in [2.75, 3.05) is 26.7 Å². The van der Waals surface area contributed by atoms with Gasteiger partial charge in [-0.3, -0.25) is 14.5 Å². The van der Waals surface area contributed by atoms with Crippen LogP contribution in [-0.2, 0) is 11.2 Å². The number of nitrogens with zero attached hydrogens (tertiary/aromatic N) is 4. The summed E-state index contributed by atoms with van der Waals surface area (Å²) < 4.78 is 6.01. The van der Waals surface area contributed by atoms with E-state index in [-0.39, 0.29) is 29.3 Å². The number of carbonyl (C=O) groups is 1. The summed E-state index contributed by atoms with van der Waals surface area (Å²) in [6.07, 6.45) is 0.600. The highest BCUT2D eigenvalue weighted by atomic mass is 32.1. The number of aliphatic hydroxyl groups excluding tert-OH is 1. The smallest absolute Gasteiger partial charge is 0.305 e. The Morgan fingerprint density at radius 3 is 2.94 bits per heavy atom. The number of aliphatic hydroxyl groups is 1. The van der Waals surface area contributed by atoms with Crippen LogP contribution in [0.1, 0.15) is 29.5 Å². The lowest BCUT2D eigenvalue weighted by molar-refractivity contribution is -0.131. The summed E-state index contributed by atoms with van der Waals surface area (Å²) in [4.78, 5) is 36.1. The molecule has 2 aromatic heterocycles. The molecule has 1 amide bonds. The number of aromatic nitrogens is 3. The Hall–Kier alpha value is -3.34. The number of β-amino-alcohol motifs (C(OH)–C–C–N with tert-alkyl or cyclic N) is 1. The van der Waals surface area contributed by atoms with Crippen LogP contribution in [0.3, 0.4) is 0 Å². The predicted octanol–water partition coefficient (Wildman–Crippen LogP) is 2.76. The molecule has 10 heteroatoms. The fourth-order valence-corrected chi connectivity index (χ4v) is 5.27. The summed E-state index contributed by atoms with van der Waals surface area (Å²) in [7, 11) is 1.82. The van der Waals surface area contributed by atoms with Crippen LogP contribution < -0.4 is 4.87 Å². The van der Waals surface area contributed by atoms with E-state index in [4.69, 9.17) is 4.52 Å². The summed E-state index contributed by atoms with van der Waals surface area (Å²) in [6, 6.07) is 13.2. The van der Waals surface area contributed by atoms with Crippen molar-refractivity contribution >= 4 is 27.5 Å². The second kappa shape index (κ2) is 9.73. The number of aromatic amines is 1. The lowest BCUT2D eigenvalue weighted by Gasteiger charge is -2.32. The van der Waals surface area contributed by atoms with E-state index in [9.17, 15) is 14.7 Å². The van der Waals surface area contributed by atoms with Gasteiger partial charge in [-0.2, -0.15) is 4.98 Å². The lowest BCUT2D eigenvalue weighted by Crippen LogP contribution is -2.39. The number of rotatable bonds is 7. The highest BCUT2D eigenvalue weighted by Gasteiger charge is 2.28. The third-order valence-electron chi connectivity index (χ3n) is 6.44. The van der Waals surface area contributed by atoms with Crippen LogP contribution in [0.5, 0.6) is 0 Å². The third-order valence-corrected chi connectivity index (χ3v) is 7.30. The van der Waals surface area contributed by atoms with Gasteiger partial charge in [0, 0.05) is 39.2 Å². The molecule has 2 atom stereocenters. The van der Waals surface area contributed by atoms with Gasteiger partial charge in [-0.1, -0.05) is 40.8 Å². The Morgan fingerprint density at radius 1 is 1.34 bits per heavy atom. The van der Waals surface area contributed by atoms with Crippen molar-refractivity contribution in [2.24, 2.45) is 0 Å². The number of hydrogen-bond acceptors (Lipinski definition) is 8. The van der Waals surface area contributed by atoms with E-state index < -0.39 is 0 Å². The number of H-pyrrole nitrogens is 1. The Kier molecular flexibility index (Phi) is 6.50. The predicted molar refractivity (Wildman–Crippen MR) is 133 cm³/mol. The molecule has 0 radical (unpaired) electrons. The van der Waals surface area contributed by atoms with Gasteiger partial charge in [0.05, 0.1) is 28.8 Å². The molecule has 4 aromatic rings. The summed E-state index contributed by atoms with van der Waals surface area (Å²) >= 11 is 1.16. The molecular weight excluding hydrogens is 466 g/mol. The number of nitrogens with one attached hydrogen (secondary N) is 1. The van der Waals surface area contributed by atoms with Crippen molar-refractivity contribution in [3.05, 3.63) is 69.1 Å². The van der Waals surface area contributed by atoms with Gasteiger partial charge in [0.15, 0.2) is 0 Å². The molecule has 1 aliphatic rings. The van der Waals surface area contributed by atoms with E-state index in [2.05, 4.69) is 20.0 Å². The van der Waals surface area contributed by atoms with Crippen LogP contribution >= 0.6 is 11.3 Å². The molecule has 0 aliphatic carbocycles. The van der Waals surface area contributed by atoms with Crippen molar-refractivity contribution in [3.63, 3.8) is 0 Å². The maximum Gasteiger partial charge on any atom is 0.305 e. The molecular formula is C25H27N5O4S. The average Bonchev–Trinajstić information content (AvgIpc) is 3.56. The Morgan fingerprint density at radius 2 is 2.20 bits per heavy atom. The van der Waals surface area contributed by atoms with E-state index in [1.54, 1.807) is 11.8 Å². The van der Waals surface area contributed by atoms with Gasteiger partial charge in [-0.15, -0.1) is 0 Å². The number of benzene rings is 2. The highest BCUT2D eigenvalue weighted by molar-refractivity contribution is 7.16. The van der Waals surface area contributed by atoms with Crippen LogP contribution in [0.2, 0.25) is 0 Å². The van der Waals surface area contributed by atoms with Crippen molar-refractivity contribution in [1.82, 2.24) is 24.9 Å². The number of hydrogen-bond donors (Lipinski definition) is 2. The van der Waals surface area contributed by atoms with Gasteiger partial charge >= 0.3 is 4.87 Å². The van der Waals surface area contributed by atoms with Crippen LogP contribution in [0.15, 0.2) is 51.8 Å². The van der Waals surface area contributed by atoms with Crippen LogP contribution in [0.4, 0.5) is 0 Å². The van der Waals surface area contributed by atoms with E-state index in [0.29, 0.717) is 24.8 Å². The first-order chi connectivity index (χ1) is 16.9. The molecule has 1 aliphatic heterocycles. The zero-order chi connectivity index (χ0) is 24.5. The molecule has 35 heavy (non-hydrogen) atoms. The first kappa shape index (κ1) is 23.4. The van der Waals surface area contributed by atoms with Gasteiger partial charge in [-0.05, 0) is 35.7 Å². The standard InChI is InChI=1S/C25H27N5O4S/c1-15-26-24(28-34-15)18-5-3-4-17(12-18)21(14-30-9-8-19(31)13-30)29(2)23(32)11-16-6-7-22-20(10-16)27-25(33)35-22/h3-7,10,12,19,21,31H,8-9,11,13-14H2,1-2H3,(H,27,33)/t19-,21?/m0/s1. The molecule has 182 valence electrons. The number of amides is 1. The zero-order valence-electron chi connectivity index (χ0n) is 19.6. The van der Waals surface area contributed by atoms with Crippen molar-refractivity contribution < 1.29 is 14.4 Å². The number of thiazole rings is 1. The summed E-state index contributed by atoms with van der Waals surface area (Å²) in [5.74, 6) is 0.962. The fourth-order valence-electron chi connectivity index (χ4n) is 4.56. The first-order valence-electron chi connectivity index (χ1n) is 11.5. The third kappa shape index (κ3) is 5.19. The van der Waals surface area contributed by atoms with Crippen molar-refractivity contribution in [3.8, 4) is 11.4 Å². The monoisotopic (exact) mass is 493 g/mol. The second-order valence-corrected chi connectivity index (χ2v) is 10.0. The quantitative estimate of drug-likeness (QED) is 0.407. The van der Waals surface area contributed by atoms with Gasteiger partial charge in [-0.25, -0.2) is 0 Å². The van der Waals surface area contributed by atoms with Gasteiger partial charge in [0.25, 0.3) is 0 Å². The van der Waals surface area contributed by atoms with Crippen molar-refractivity contribution in [1.29, 1.82) is 0 Å². The largest absolute Gasteiger partial charge is 0.392 e. The highest BCUT2D eigenvalue weighted by Crippen LogP contribution is 2.28. The maximum atomic E-state index is 13.4. The van der Waals surface area contributed by atoms with E-state index in [0.717, 1.165) is 51.2 Å². The molecule has 0 bridgehead atoms. The van der Waals surface area contributed by atoms with Crippen LogP contribution in [0.25, 0.3) is 21.6 Å². The zero-order valence-corrected chi connectivity index (χ0v) is 20.4. The number of aryl methyl sites for hydroxylation is 1. The Balaban J connectivity index is 1.41. The van der Waals surface area contributed by atoms with E-state index in [1.165, 1.54) is 0 Å². The molecule has 1 saturated heterocycles. The van der Waals surface area contributed by atoms with Gasteiger partial charge in [0.2, 0.25) is 17.6 Å². The van der Waals surface area contributed by atoms with Crippen LogP contribution in [0, 0.1) is 6.92 Å². The molecule has 0 spiro atoms. The Bertz CT molecular complexity index is 1410. The number of fused-ring (bicyclic) bond motifs is 1. The molecule has 5 rings (SSSR count). The number of carbonyl (C=O) groups excluding carboxylic acids is 1.